The van der Waals surface area contributed by atoms with Crippen LogP contribution in [0.15, 0.2) is 65.7 Å². The molecule has 17 heavy (non-hydrogen) atoms. The van der Waals surface area contributed by atoms with Crippen LogP contribution in [0.25, 0.3) is 0 Å². The Morgan fingerprint density at radius 2 is 1.53 bits per heavy atom. The van der Waals surface area contributed by atoms with E-state index in [9.17, 15) is 0 Å². The molecule has 0 amide bonds. The van der Waals surface area contributed by atoms with E-state index in [1.54, 1.807) is 0 Å². The first kappa shape index (κ1) is 10.1. The second-order valence-corrected chi connectivity index (χ2v) is 4.15. The van der Waals surface area contributed by atoms with Gasteiger partial charge in [0.25, 0.3) is 0 Å². The van der Waals surface area contributed by atoms with Gasteiger partial charge in [0.05, 0.1) is 18.9 Å². The lowest BCUT2D eigenvalue weighted by Crippen LogP contribution is -2.23. The molecule has 3 rings (SSSR count). The standard InChI is InChI=1S/C15H14N2/c1-3-7-13(8-4-1)15-11-16-12-17(15)14-9-5-2-6-10-14/h1-10,12,15H,11H2. The quantitative estimate of drug-likeness (QED) is 0.761. The molecule has 1 aliphatic rings. The third kappa shape index (κ3) is 1.94. The van der Waals surface area contributed by atoms with Crippen molar-refractivity contribution in [1.82, 2.24) is 0 Å². The molecular weight excluding hydrogens is 208 g/mol. The molecule has 0 N–H and O–H groups in total. The van der Waals surface area contributed by atoms with Crippen LogP contribution in [-0.2, 0) is 0 Å². The van der Waals surface area contributed by atoms with Crippen molar-refractivity contribution in [3.05, 3.63) is 66.2 Å². The van der Waals surface area contributed by atoms with Crippen molar-refractivity contribution in [2.24, 2.45) is 4.99 Å². The van der Waals surface area contributed by atoms with Gasteiger partial charge in [0.15, 0.2) is 0 Å². The first-order chi connectivity index (χ1) is 8.45. The van der Waals surface area contributed by atoms with Gasteiger partial charge in [-0.2, -0.15) is 0 Å². The molecular formula is C15H14N2. The molecule has 2 aromatic rings. The summed E-state index contributed by atoms with van der Waals surface area (Å²) >= 11 is 0. The highest BCUT2D eigenvalue weighted by atomic mass is 15.2. The average Bonchev–Trinajstić information content (AvgIpc) is 2.90. The highest BCUT2D eigenvalue weighted by Crippen LogP contribution is 2.28. The third-order valence-corrected chi connectivity index (χ3v) is 3.06. The van der Waals surface area contributed by atoms with E-state index in [4.69, 9.17) is 0 Å². The summed E-state index contributed by atoms with van der Waals surface area (Å²) < 4.78 is 0. The van der Waals surface area contributed by atoms with Crippen LogP contribution in [0.3, 0.4) is 0 Å². The van der Waals surface area contributed by atoms with Gasteiger partial charge in [-0.3, -0.25) is 4.99 Å². The van der Waals surface area contributed by atoms with Crippen molar-refractivity contribution in [3.8, 4) is 0 Å². The Bertz CT molecular complexity index is 505. The van der Waals surface area contributed by atoms with E-state index in [2.05, 4.69) is 58.4 Å². The average molecular weight is 222 g/mol. The number of para-hydroxylation sites is 1. The first-order valence-electron chi connectivity index (χ1n) is 5.83. The maximum atomic E-state index is 4.40. The van der Waals surface area contributed by atoms with Crippen LogP contribution < -0.4 is 4.90 Å². The number of aliphatic imine (C=N–C) groups is 1. The van der Waals surface area contributed by atoms with Gasteiger partial charge in [-0.15, -0.1) is 0 Å². The fraction of sp³-hybridized carbons (Fsp3) is 0.133. The molecule has 1 aliphatic heterocycles. The van der Waals surface area contributed by atoms with Gasteiger partial charge in [-0.1, -0.05) is 48.5 Å². The van der Waals surface area contributed by atoms with Crippen molar-refractivity contribution in [3.63, 3.8) is 0 Å². The predicted octanol–water partition coefficient (Wildman–Crippen LogP) is 3.28. The van der Waals surface area contributed by atoms with Crippen LogP contribution in [-0.4, -0.2) is 12.9 Å². The summed E-state index contributed by atoms with van der Waals surface area (Å²) in [6, 6.07) is 21.3. The summed E-state index contributed by atoms with van der Waals surface area (Å²) in [6.07, 6.45) is 1.94. The molecule has 2 nitrogen and oxygen atoms in total. The number of anilines is 1. The zero-order chi connectivity index (χ0) is 11.5. The topological polar surface area (TPSA) is 15.6 Å². The summed E-state index contributed by atoms with van der Waals surface area (Å²) in [5.41, 5.74) is 2.51. The van der Waals surface area contributed by atoms with Gasteiger partial charge in [-0.25, -0.2) is 0 Å². The summed E-state index contributed by atoms with van der Waals surface area (Å²) in [7, 11) is 0. The molecule has 1 heterocycles. The summed E-state index contributed by atoms with van der Waals surface area (Å²) in [5.74, 6) is 0. The normalized spacial score (nSPS) is 18.6. The number of nitrogens with zero attached hydrogens (tertiary/aromatic N) is 2. The minimum atomic E-state index is 0.332. The maximum Gasteiger partial charge on any atom is 0.0901 e. The molecule has 1 atom stereocenters. The molecule has 1 unspecified atom stereocenters. The number of hydrogen-bond donors (Lipinski definition) is 0. The monoisotopic (exact) mass is 222 g/mol. The van der Waals surface area contributed by atoms with Gasteiger partial charge in [0.1, 0.15) is 0 Å². The second-order valence-electron chi connectivity index (χ2n) is 4.15. The fourth-order valence-corrected chi connectivity index (χ4v) is 2.19. The second kappa shape index (κ2) is 4.42. The minimum absolute atomic E-state index is 0.332. The van der Waals surface area contributed by atoms with Crippen molar-refractivity contribution in [2.75, 3.05) is 11.4 Å². The Hall–Kier alpha value is -2.09. The Morgan fingerprint density at radius 1 is 0.882 bits per heavy atom. The van der Waals surface area contributed by atoms with Crippen LogP contribution in [0.1, 0.15) is 11.6 Å². The van der Waals surface area contributed by atoms with Gasteiger partial charge < -0.3 is 4.90 Å². The predicted molar refractivity (Wildman–Crippen MR) is 71.5 cm³/mol. The number of rotatable bonds is 2. The minimum Gasteiger partial charge on any atom is -0.323 e. The summed E-state index contributed by atoms with van der Waals surface area (Å²) in [6.45, 7) is 0.832. The molecule has 0 radical (unpaired) electrons. The Morgan fingerprint density at radius 3 is 2.24 bits per heavy atom. The van der Waals surface area contributed by atoms with Crippen LogP contribution in [0.5, 0.6) is 0 Å². The molecule has 2 heteroatoms. The molecule has 0 aromatic heterocycles. The number of benzene rings is 2. The smallest absolute Gasteiger partial charge is 0.0901 e. The van der Waals surface area contributed by atoms with Gasteiger partial charge in [0.2, 0.25) is 0 Å². The highest BCUT2D eigenvalue weighted by molar-refractivity contribution is 5.82. The molecule has 2 aromatic carbocycles. The lowest BCUT2D eigenvalue weighted by Gasteiger charge is -2.24. The Kier molecular flexibility index (Phi) is 2.62. The van der Waals surface area contributed by atoms with E-state index in [0.717, 1.165) is 6.54 Å². The first-order valence-corrected chi connectivity index (χ1v) is 5.83. The lowest BCUT2D eigenvalue weighted by atomic mass is 10.1. The summed E-state index contributed by atoms with van der Waals surface area (Å²) in [4.78, 5) is 6.63. The zero-order valence-corrected chi connectivity index (χ0v) is 9.53. The van der Waals surface area contributed by atoms with Crippen LogP contribution in [0.2, 0.25) is 0 Å². The molecule has 0 spiro atoms. The Balaban J connectivity index is 1.93. The maximum absolute atomic E-state index is 4.40. The van der Waals surface area contributed by atoms with Crippen molar-refractivity contribution >= 4 is 12.0 Å². The molecule has 0 aliphatic carbocycles. The Labute approximate surface area is 101 Å². The lowest BCUT2D eigenvalue weighted by molar-refractivity contribution is 0.771. The van der Waals surface area contributed by atoms with Gasteiger partial charge in [-0.05, 0) is 17.7 Å². The summed E-state index contributed by atoms with van der Waals surface area (Å²) in [5, 5.41) is 0. The highest BCUT2D eigenvalue weighted by Gasteiger charge is 2.22. The zero-order valence-electron chi connectivity index (χ0n) is 9.53. The third-order valence-electron chi connectivity index (χ3n) is 3.06. The molecule has 0 saturated heterocycles. The van der Waals surface area contributed by atoms with E-state index in [1.807, 2.05) is 18.5 Å². The fourth-order valence-electron chi connectivity index (χ4n) is 2.19. The molecule has 84 valence electrons. The molecule has 0 bridgehead atoms. The number of hydrogen-bond acceptors (Lipinski definition) is 2. The van der Waals surface area contributed by atoms with Gasteiger partial charge in [0, 0.05) is 5.69 Å². The van der Waals surface area contributed by atoms with E-state index >= 15 is 0 Å². The van der Waals surface area contributed by atoms with Crippen molar-refractivity contribution in [1.29, 1.82) is 0 Å². The largest absolute Gasteiger partial charge is 0.323 e. The van der Waals surface area contributed by atoms with Crippen LogP contribution in [0, 0.1) is 0 Å². The SMILES string of the molecule is C1=NCC(c2ccccc2)N1c1ccccc1. The van der Waals surface area contributed by atoms with E-state index in [-0.39, 0.29) is 0 Å². The van der Waals surface area contributed by atoms with Crippen molar-refractivity contribution < 1.29 is 0 Å². The van der Waals surface area contributed by atoms with Crippen molar-refractivity contribution in [2.45, 2.75) is 6.04 Å². The van der Waals surface area contributed by atoms with Gasteiger partial charge >= 0.3 is 0 Å². The molecule has 0 saturated carbocycles. The van der Waals surface area contributed by atoms with E-state index in [1.165, 1.54) is 11.3 Å². The van der Waals surface area contributed by atoms with Crippen LogP contribution >= 0.6 is 0 Å². The van der Waals surface area contributed by atoms with E-state index < -0.39 is 0 Å². The van der Waals surface area contributed by atoms with E-state index in [0.29, 0.717) is 6.04 Å². The molecule has 0 fully saturated rings. The van der Waals surface area contributed by atoms with Crippen LogP contribution in [0.4, 0.5) is 5.69 Å².